The summed E-state index contributed by atoms with van der Waals surface area (Å²) >= 11 is 0. The number of likely N-dealkylation sites (N-methyl/N-ethyl adjacent to an activating group) is 1. The number of nitrogens with one attached hydrogen (secondary N) is 1. The van der Waals surface area contributed by atoms with Gasteiger partial charge >= 0.3 is 0 Å². The Balaban J connectivity index is 1.40. The van der Waals surface area contributed by atoms with Crippen molar-refractivity contribution in [3.8, 4) is 11.3 Å². The minimum Gasteiger partial charge on any atom is -0.383 e. The van der Waals surface area contributed by atoms with Crippen LogP contribution >= 0.6 is 0 Å². The van der Waals surface area contributed by atoms with E-state index >= 15 is 0 Å². The Hall–Kier alpha value is -3.78. The maximum atomic E-state index is 12.5. The van der Waals surface area contributed by atoms with Crippen molar-refractivity contribution in [2.45, 2.75) is 32.4 Å². The van der Waals surface area contributed by atoms with Crippen molar-refractivity contribution in [3.05, 3.63) is 71.5 Å². The zero-order valence-corrected chi connectivity index (χ0v) is 19.5. The van der Waals surface area contributed by atoms with E-state index in [1.54, 1.807) is 0 Å². The van der Waals surface area contributed by atoms with Crippen LogP contribution in [0.3, 0.4) is 0 Å². The second-order valence-electron chi connectivity index (χ2n) is 9.00. The molecule has 1 unspecified atom stereocenters. The molecular formula is C26H29N7O. The van der Waals surface area contributed by atoms with E-state index in [1.807, 2.05) is 60.1 Å². The first-order valence-electron chi connectivity index (χ1n) is 11.6. The van der Waals surface area contributed by atoms with E-state index in [4.69, 9.17) is 10.8 Å². The lowest BCUT2D eigenvalue weighted by Gasteiger charge is -2.29. The standard InChI is InChI=1S/C26H29N7O/c1-17-6-3-4-8-21(17)26(34)28-14-18-9-11-19(12-10-18)23-22-24(27)29-16-30-25(22)33(31-23)20-7-5-13-32(2)15-20/h3-4,6,8-12,16,20H,5,7,13-15H2,1-2H3,(H,28,34)(H2,27,29,30). The number of fused-ring (bicyclic) bond motifs is 1. The van der Waals surface area contributed by atoms with Crippen LogP contribution in [0.5, 0.6) is 0 Å². The lowest BCUT2D eigenvalue weighted by atomic mass is 10.1. The minimum atomic E-state index is -0.0747. The molecule has 1 aliphatic rings. The molecule has 3 heterocycles. The average molecular weight is 456 g/mol. The molecule has 0 saturated carbocycles. The van der Waals surface area contributed by atoms with Crippen LogP contribution in [-0.2, 0) is 6.54 Å². The molecule has 2 aromatic heterocycles. The van der Waals surface area contributed by atoms with Crippen LogP contribution in [0.15, 0.2) is 54.9 Å². The van der Waals surface area contributed by atoms with Crippen LogP contribution < -0.4 is 11.1 Å². The van der Waals surface area contributed by atoms with Gasteiger partial charge in [0, 0.05) is 24.2 Å². The monoisotopic (exact) mass is 455 g/mol. The molecule has 8 heteroatoms. The lowest BCUT2D eigenvalue weighted by Crippen LogP contribution is -2.34. The summed E-state index contributed by atoms with van der Waals surface area (Å²) in [7, 11) is 2.14. The lowest BCUT2D eigenvalue weighted by molar-refractivity contribution is 0.0950. The smallest absolute Gasteiger partial charge is 0.251 e. The Labute approximate surface area is 198 Å². The zero-order chi connectivity index (χ0) is 23.7. The van der Waals surface area contributed by atoms with Gasteiger partial charge in [0.05, 0.1) is 11.4 Å². The molecule has 1 fully saturated rings. The van der Waals surface area contributed by atoms with Gasteiger partial charge in [0.25, 0.3) is 5.91 Å². The van der Waals surface area contributed by atoms with Crippen molar-refractivity contribution in [2.75, 3.05) is 25.9 Å². The van der Waals surface area contributed by atoms with Crippen LogP contribution in [0.2, 0.25) is 0 Å². The third-order valence-electron chi connectivity index (χ3n) is 6.53. The van der Waals surface area contributed by atoms with E-state index < -0.39 is 0 Å². The number of likely N-dealkylation sites (tertiary alicyclic amines) is 1. The Morgan fingerprint density at radius 1 is 1.15 bits per heavy atom. The highest BCUT2D eigenvalue weighted by atomic mass is 16.1. The van der Waals surface area contributed by atoms with Crippen LogP contribution in [0.1, 0.15) is 40.4 Å². The summed E-state index contributed by atoms with van der Waals surface area (Å²) < 4.78 is 2.02. The molecule has 2 aromatic carbocycles. The first kappa shape index (κ1) is 22.0. The molecule has 1 atom stereocenters. The number of nitrogens with two attached hydrogens (primary N) is 1. The number of rotatable bonds is 5. The summed E-state index contributed by atoms with van der Waals surface area (Å²) in [6.07, 6.45) is 3.69. The van der Waals surface area contributed by atoms with Crippen molar-refractivity contribution < 1.29 is 4.79 Å². The fourth-order valence-electron chi connectivity index (χ4n) is 4.68. The molecule has 4 aromatic rings. The largest absolute Gasteiger partial charge is 0.383 e. The number of benzene rings is 2. The molecule has 3 N–H and O–H groups in total. The number of carbonyl (C=O) groups is 1. The quantitative estimate of drug-likeness (QED) is 0.477. The summed E-state index contributed by atoms with van der Waals surface area (Å²) in [5, 5.41) is 8.76. The molecular weight excluding hydrogens is 426 g/mol. The number of aromatic nitrogens is 4. The SMILES string of the molecule is Cc1ccccc1C(=O)NCc1ccc(-c2nn(C3CCCN(C)C3)c3ncnc(N)c23)cc1. The number of piperidine rings is 1. The van der Waals surface area contributed by atoms with Crippen molar-refractivity contribution in [2.24, 2.45) is 0 Å². The molecule has 0 aliphatic carbocycles. The van der Waals surface area contributed by atoms with E-state index in [0.717, 1.165) is 59.3 Å². The van der Waals surface area contributed by atoms with Gasteiger partial charge in [0.15, 0.2) is 5.65 Å². The van der Waals surface area contributed by atoms with Gasteiger partial charge in [-0.15, -0.1) is 0 Å². The number of anilines is 1. The molecule has 174 valence electrons. The molecule has 5 rings (SSSR count). The Bertz CT molecular complexity index is 1330. The number of hydrogen-bond donors (Lipinski definition) is 2. The van der Waals surface area contributed by atoms with Crippen molar-refractivity contribution in [3.63, 3.8) is 0 Å². The van der Waals surface area contributed by atoms with Crippen molar-refractivity contribution in [1.82, 2.24) is 30.0 Å². The van der Waals surface area contributed by atoms with E-state index in [-0.39, 0.29) is 11.9 Å². The molecule has 0 spiro atoms. The number of carbonyl (C=O) groups excluding carboxylic acids is 1. The van der Waals surface area contributed by atoms with Gasteiger partial charge in [-0.25, -0.2) is 14.6 Å². The number of nitrogen functional groups attached to an aromatic ring is 1. The van der Waals surface area contributed by atoms with Gasteiger partial charge in [0.2, 0.25) is 0 Å². The van der Waals surface area contributed by atoms with E-state index in [2.05, 4.69) is 27.2 Å². The van der Waals surface area contributed by atoms with Crippen molar-refractivity contribution in [1.29, 1.82) is 0 Å². The van der Waals surface area contributed by atoms with Gasteiger partial charge in [-0.05, 0) is 50.6 Å². The predicted molar refractivity (Wildman–Crippen MR) is 133 cm³/mol. The molecule has 0 radical (unpaired) electrons. The fraction of sp³-hybridized carbons (Fsp3) is 0.308. The Morgan fingerprint density at radius 3 is 2.71 bits per heavy atom. The highest BCUT2D eigenvalue weighted by Crippen LogP contribution is 2.33. The summed E-state index contributed by atoms with van der Waals surface area (Å²) in [4.78, 5) is 23.6. The minimum absolute atomic E-state index is 0.0747. The molecule has 1 amide bonds. The second-order valence-corrected chi connectivity index (χ2v) is 9.00. The average Bonchev–Trinajstić information content (AvgIpc) is 3.24. The predicted octanol–water partition coefficient (Wildman–Crippen LogP) is 3.58. The summed E-state index contributed by atoms with van der Waals surface area (Å²) in [6, 6.07) is 15.9. The first-order valence-corrected chi connectivity index (χ1v) is 11.6. The highest BCUT2D eigenvalue weighted by Gasteiger charge is 2.25. The zero-order valence-electron chi connectivity index (χ0n) is 19.5. The third kappa shape index (κ3) is 4.24. The van der Waals surface area contributed by atoms with Gasteiger partial charge in [0.1, 0.15) is 17.8 Å². The van der Waals surface area contributed by atoms with E-state index in [1.165, 1.54) is 6.33 Å². The molecule has 0 bridgehead atoms. The van der Waals surface area contributed by atoms with Crippen LogP contribution in [0, 0.1) is 6.92 Å². The third-order valence-corrected chi connectivity index (χ3v) is 6.53. The second kappa shape index (κ2) is 9.23. The summed E-state index contributed by atoms with van der Waals surface area (Å²) in [5.74, 6) is 0.360. The highest BCUT2D eigenvalue weighted by molar-refractivity contribution is 5.98. The van der Waals surface area contributed by atoms with Gasteiger partial charge in [-0.2, -0.15) is 5.10 Å². The number of amides is 1. The van der Waals surface area contributed by atoms with Crippen LogP contribution in [0.25, 0.3) is 22.3 Å². The maximum absolute atomic E-state index is 12.5. The van der Waals surface area contributed by atoms with E-state index in [9.17, 15) is 4.79 Å². The molecule has 1 aliphatic heterocycles. The fourth-order valence-corrected chi connectivity index (χ4v) is 4.68. The topological polar surface area (TPSA) is 102 Å². The normalized spacial score (nSPS) is 16.6. The van der Waals surface area contributed by atoms with Crippen molar-refractivity contribution >= 4 is 22.8 Å². The molecule has 34 heavy (non-hydrogen) atoms. The number of hydrogen-bond acceptors (Lipinski definition) is 6. The summed E-state index contributed by atoms with van der Waals surface area (Å²) in [6.45, 7) is 4.41. The van der Waals surface area contributed by atoms with Gasteiger partial charge in [-0.3, -0.25) is 4.79 Å². The van der Waals surface area contributed by atoms with Crippen LogP contribution in [0.4, 0.5) is 5.82 Å². The maximum Gasteiger partial charge on any atom is 0.251 e. The van der Waals surface area contributed by atoms with Crippen LogP contribution in [-0.4, -0.2) is 50.7 Å². The first-order chi connectivity index (χ1) is 16.5. The number of aryl methyl sites for hydroxylation is 1. The van der Waals surface area contributed by atoms with Gasteiger partial charge < -0.3 is 16.0 Å². The Morgan fingerprint density at radius 2 is 1.94 bits per heavy atom. The molecule has 1 saturated heterocycles. The number of nitrogens with zero attached hydrogens (tertiary/aromatic N) is 5. The molecule has 8 nitrogen and oxygen atoms in total. The summed E-state index contributed by atoms with van der Waals surface area (Å²) in [5.41, 5.74) is 11.5. The Kier molecular flexibility index (Phi) is 5.98. The van der Waals surface area contributed by atoms with Gasteiger partial charge in [-0.1, -0.05) is 42.5 Å². The van der Waals surface area contributed by atoms with E-state index in [0.29, 0.717) is 17.9 Å².